The molecule has 7 heteroatoms. The Morgan fingerprint density at radius 3 is 1.09 bits per heavy atom. The molecule has 0 bridgehead atoms. The number of fused-ring (bicyclic) bond motifs is 12. The van der Waals surface area contributed by atoms with Crippen molar-refractivity contribution in [3.05, 3.63) is 144 Å². The van der Waals surface area contributed by atoms with Crippen LogP contribution in [0.2, 0.25) is 0 Å². The van der Waals surface area contributed by atoms with Gasteiger partial charge in [-0.05, 0) is 82.6 Å². The van der Waals surface area contributed by atoms with Crippen LogP contribution in [0.1, 0.15) is 0 Å². The average molecular weight is 713 g/mol. The zero-order valence-electron chi connectivity index (χ0n) is 27.9. The normalized spacial score (nSPS) is 12.5. The number of hydrogen-bond acceptors (Lipinski definition) is 5. The van der Waals surface area contributed by atoms with Gasteiger partial charge in [0.1, 0.15) is 0 Å². The summed E-state index contributed by atoms with van der Waals surface area (Å²) in [5.74, 6) is 1.07. The molecule has 0 fully saturated rings. The SMILES string of the molecule is c1ccc2c(c1)c1cc(-c3ccsc3-c3nnc(-c4sccc4-c4cc5c6ccccc6n6c7ccccc7c(c4)c56)o3)cc3c4ccccc4n2c13. The predicted octanol–water partition coefficient (Wildman–Crippen LogP) is 13.2. The minimum Gasteiger partial charge on any atom is -0.414 e. The summed E-state index contributed by atoms with van der Waals surface area (Å²) in [4.78, 5) is 1.95. The van der Waals surface area contributed by atoms with Gasteiger partial charge in [-0.2, -0.15) is 0 Å². The Kier molecular flexibility index (Phi) is 5.34. The molecular formula is C46H24N4OS2. The van der Waals surface area contributed by atoms with Crippen LogP contribution in [0, 0.1) is 0 Å². The van der Waals surface area contributed by atoms with Crippen LogP contribution in [0.25, 0.3) is 120 Å². The highest BCUT2D eigenvalue weighted by atomic mass is 32.1. The Hall–Kier alpha value is -6.54. The maximum atomic E-state index is 6.62. The molecular weight excluding hydrogens is 689 g/mol. The summed E-state index contributed by atoms with van der Waals surface area (Å²) >= 11 is 3.28. The van der Waals surface area contributed by atoms with Gasteiger partial charge in [-0.25, -0.2) is 0 Å². The van der Waals surface area contributed by atoms with Gasteiger partial charge in [0.15, 0.2) is 0 Å². The zero-order chi connectivity index (χ0) is 34.4. The second-order valence-electron chi connectivity index (χ2n) is 13.8. The summed E-state index contributed by atoms with van der Waals surface area (Å²) in [7, 11) is 0. The van der Waals surface area contributed by atoms with Crippen molar-refractivity contribution in [3.8, 4) is 43.8 Å². The first-order valence-electron chi connectivity index (χ1n) is 17.6. The van der Waals surface area contributed by atoms with Gasteiger partial charge in [0, 0.05) is 54.2 Å². The van der Waals surface area contributed by atoms with E-state index in [1.165, 1.54) is 76.2 Å². The molecule has 0 amide bonds. The third kappa shape index (κ3) is 3.60. The molecule has 6 aromatic carbocycles. The molecule has 0 saturated carbocycles. The van der Waals surface area contributed by atoms with E-state index < -0.39 is 0 Å². The van der Waals surface area contributed by atoms with E-state index in [9.17, 15) is 0 Å². The molecule has 0 radical (unpaired) electrons. The lowest BCUT2D eigenvalue weighted by atomic mass is 9.99. The van der Waals surface area contributed by atoms with E-state index in [0.717, 1.165) is 32.0 Å². The van der Waals surface area contributed by atoms with Crippen molar-refractivity contribution in [1.82, 2.24) is 19.0 Å². The third-order valence-corrected chi connectivity index (χ3v) is 13.0. The fraction of sp³-hybridized carbons (Fsp3) is 0. The van der Waals surface area contributed by atoms with Crippen molar-refractivity contribution in [3.63, 3.8) is 0 Å². The van der Waals surface area contributed by atoms with E-state index in [2.05, 4.69) is 163 Å². The molecule has 5 nitrogen and oxygen atoms in total. The van der Waals surface area contributed by atoms with Crippen LogP contribution >= 0.6 is 22.7 Å². The largest absolute Gasteiger partial charge is 0.414 e. The van der Waals surface area contributed by atoms with Crippen molar-refractivity contribution >= 4 is 98.9 Å². The molecule has 7 aromatic heterocycles. The lowest BCUT2D eigenvalue weighted by Gasteiger charge is -2.05. The van der Waals surface area contributed by atoms with E-state index in [-0.39, 0.29) is 0 Å². The van der Waals surface area contributed by atoms with Crippen LogP contribution in [0.15, 0.2) is 149 Å². The van der Waals surface area contributed by atoms with Gasteiger partial charge < -0.3 is 13.2 Å². The number of thiophene rings is 2. The second-order valence-corrected chi connectivity index (χ2v) is 15.7. The van der Waals surface area contributed by atoms with Crippen molar-refractivity contribution in [2.45, 2.75) is 0 Å². The molecule has 7 heterocycles. The third-order valence-electron chi connectivity index (χ3n) is 11.2. The number of rotatable bonds is 4. The molecule has 0 aliphatic carbocycles. The average Bonchev–Trinajstić information content (AvgIpc) is 4.07. The van der Waals surface area contributed by atoms with E-state index >= 15 is 0 Å². The maximum Gasteiger partial charge on any atom is 0.258 e. The Balaban J connectivity index is 0.963. The molecule has 0 spiro atoms. The lowest BCUT2D eigenvalue weighted by Crippen LogP contribution is -1.81. The van der Waals surface area contributed by atoms with Crippen LogP contribution < -0.4 is 0 Å². The first-order valence-corrected chi connectivity index (χ1v) is 19.4. The molecule has 13 aromatic rings. The van der Waals surface area contributed by atoms with Crippen molar-refractivity contribution in [2.75, 3.05) is 0 Å². The Morgan fingerprint density at radius 2 is 0.736 bits per heavy atom. The number of benzene rings is 6. The fourth-order valence-electron chi connectivity index (χ4n) is 9.02. The minimum absolute atomic E-state index is 0.537. The highest BCUT2D eigenvalue weighted by Crippen LogP contribution is 2.47. The van der Waals surface area contributed by atoms with Gasteiger partial charge in [-0.3, -0.25) is 0 Å². The summed E-state index contributed by atoms with van der Waals surface area (Å²) in [5.41, 5.74) is 11.9. The van der Waals surface area contributed by atoms with E-state index in [1.54, 1.807) is 22.7 Å². The molecule has 0 saturated heterocycles. The molecule has 0 aliphatic heterocycles. The minimum atomic E-state index is 0.537. The first kappa shape index (κ1) is 28.1. The van der Waals surface area contributed by atoms with E-state index in [1.807, 2.05) is 0 Å². The van der Waals surface area contributed by atoms with Crippen LogP contribution in [0.4, 0.5) is 0 Å². The van der Waals surface area contributed by atoms with E-state index in [0.29, 0.717) is 11.8 Å². The molecule has 246 valence electrons. The molecule has 13 rings (SSSR count). The van der Waals surface area contributed by atoms with E-state index in [4.69, 9.17) is 4.42 Å². The molecule has 0 unspecified atom stereocenters. The fourth-order valence-corrected chi connectivity index (χ4v) is 10.7. The van der Waals surface area contributed by atoms with Crippen LogP contribution in [0.5, 0.6) is 0 Å². The number of nitrogens with zero attached hydrogens (tertiary/aromatic N) is 4. The number of hydrogen-bond donors (Lipinski definition) is 0. The summed E-state index contributed by atoms with van der Waals surface area (Å²) in [6.07, 6.45) is 0. The first-order chi connectivity index (χ1) is 26.3. The topological polar surface area (TPSA) is 47.7 Å². The zero-order valence-corrected chi connectivity index (χ0v) is 29.5. The number of para-hydroxylation sites is 4. The van der Waals surface area contributed by atoms with Gasteiger partial charge in [0.25, 0.3) is 11.8 Å². The Labute approximate surface area is 308 Å². The Morgan fingerprint density at radius 1 is 0.396 bits per heavy atom. The molecule has 0 aliphatic rings. The molecule has 0 atom stereocenters. The number of aromatic nitrogens is 4. The smallest absolute Gasteiger partial charge is 0.258 e. The van der Waals surface area contributed by atoms with Gasteiger partial charge >= 0.3 is 0 Å². The highest BCUT2D eigenvalue weighted by molar-refractivity contribution is 7.14. The van der Waals surface area contributed by atoms with Crippen LogP contribution in [-0.2, 0) is 0 Å². The van der Waals surface area contributed by atoms with Crippen molar-refractivity contribution in [2.24, 2.45) is 0 Å². The molecule has 53 heavy (non-hydrogen) atoms. The summed E-state index contributed by atoms with van der Waals surface area (Å²) in [5, 5.41) is 23.6. The van der Waals surface area contributed by atoms with Crippen LogP contribution in [0.3, 0.4) is 0 Å². The van der Waals surface area contributed by atoms with Gasteiger partial charge in [0.2, 0.25) is 0 Å². The Bertz CT molecular complexity index is 3190. The van der Waals surface area contributed by atoms with Crippen molar-refractivity contribution < 1.29 is 4.42 Å². The van der Waals surface area contributed by atoms with Gasteiger partial charge in [-0.15, -0.1) is 32.9 Å². The lowest BCUT2D eigenvalue weighted by molar-refractivity contribution is 0.588. The highest BCUT2D eigenvalue weighted by Gasteiger charge is 2.24. The maximum absolute atomic E-state index is 6.62. The second kappa shape index (κ2) is 10.1. The summed E-state index contributed by atoms with van der Waals surface area (Å²) in [6, 6.07) is 48.5. The van der Waals surface area contributed by atoms with Gasteiger partial charge in [-0.1, -0.05) is 72.8 Å². The van der Waals surface area contributed by atoms with Crippen molar-refractivity contribution in [1.29, 1.82) is 0 Å². The van der Waals surface area contributed by atoms with Gasteiger partial charge in [0.05, 0.1) is 42.9 Å². The summed E-state index contributed by atoms with van der Waals surface area (Å²) < 4.78 is 11.4. The standard InChI is InChI=1S/C46H24N4OS2/c1-5-13-37-29(9-1)33-21-25(22-34-30-10-2-6-14-38(30)49(37)41(33)34)27-17-19-52-43(27)45-47-48-46(51-45)44-28(18-20-53-44)26-23-35-31-11-3-7-15-39(31)50-40-16-8-4-12-32(40)36(24-26)42(35)50/h1-24H. The summed E-state index contributed by atoms with van der Waals surface area (Å²) in [6.45, 7) is 0. The predicted molar refractivity (Wildman–Crippen MR) is 221 cm³/mol. The quantitative estimate of drug-likeness (QED) is 0.182. The molecule has 0 N–H and O–H groups in total. The monoisotopic (exact) mass is 712 g/mol. The van der Waals surface area contributed by atoms with Crippen LogP contribution in [-0.4, -0.2) is 19.0 Å².